The van der Waals surface area contributed by atoms with E-state index in [9.17, 15) is 23.2 Å². The van der Waals surface area contributed by atoms with Gasteiger partial charge in [0.15, 0.2) is 0 Å². The largest absolute Gasteiger partial charge is 0.480 e. The Balaban J connectivity index is 1.29. The molecule has 1 saturated heterocycles. The van der Waals surface area contributed by atoms with Crippen LogP contribution < -0.4 is 5.32 Å². The molecule has 1 aliphatic carbocycles. The topological polar surface area (TPSA) is 95.9 Å². The van der Waals surface area contributed by atoms with E-state index in [-0.39, 0.29) is 25.5 Å². The molecule has 7 nitrogen and oxygen atoms in total. The zero-order valence-corrected chi connectivity index (χ0v) is 17.1. The van der Waals surface area contributed by atoms with Crippen molar-refractivity contribution >= 4 is 18.0 Å². The first kappa shape index (κ1) is 21.7. The van der Waals surface area contributed by atoms with Crippen molar-refractivity contribution in [2.24, 2.45) is 0 Å². The highest BCUT2D eigenvalue weighted by Gasteiger charge is 2.49. The number of amides is 2. The summed E-state index contributed by atoms with van der Waals surface area (Å²) in [5, 5.41) is 11.5. The number of halogens is 2. The molecule has 1 atom stereocenters. The first-order valence-corrected chi connectivity index (χ1v) is 10.3. The highest BCUT2D eigenvalue weighted by Crippen LogP contribution is 2.44. The number of hydrogen-bond acceptors (Lipinski definition) is 4. The van der Waals surface area contributed by atoms with E-state index in [1.165, 1.54) is 0 Å². The second-order valence-electron chi connectivity index (χ2n) is 7.94. The first-order chi connectivity index (χ1) is 15.3. The minimum absolute atomic E-state index is 0.104. The molecule has 2 aromatic carbocycles. The highest BCUT2D eigenvalue weighted by molar-refractivity contribution is 5.85. The number of alkyl carbamates (subject to hydrolysis) is 1. The number of benzene rings is 2. The summed E-state index contributed by atoms with van der Waals surface area (Å²) in [6.07, 6.45) is -1.95. The van der Waals surface area contributed by atoms with Crippen molar-refractivity contribution in [3.63, 3.8) is 0 Å². The smallest absolute Gasteiger partial charge is 0.407 e. The number of carbonyl (C=O) groups excluding carboxylic acids is 2. The van der Waals surface area contributed by atoms with Gasteiger partial charge in [0.25, 0.3) is 5.92 Å². The lowest BCUT2D eigenvalue weighted by Gasteiger charge is -2.21. The first-order valence-electron chi connectivity index (χ1n) is 10.3. The van der Waals surface area contributed by atoms with Crippen molar-refractivity contribution in [2.45, 2.75) is 30.7 Å². The summed E-state index contributed by atoms with van der Waals surface area (Å²) in [4.78, 5) is 36.1. The molecule has 1 fully saturated rings. The molecule has 2 N–H and O–H groups in total. The Kier molecular flexibility index (Phi) is 5.82. The summed E-state index contributed by atoms with van der Waals surface area (Å²) in [5.74, 6) is -5.58. The number of aliphatic carboxylic acids is 1. The maximum absolute atomic E-state index is 13.5. The zero-order chi connectivity index (χ0) is 22.9. The summed E-state index contributed by atoms with van der Waals surface area (Å²) in [6, 6.07) is 14.2. The lowest BCUT2D eigenvalue weighted by Crippen LogP contribution is -2.42. The highest BCUT2D eigenvalue weighted by atomic mass is 19.3. The molecule has 1 aliphatic heterocycles. The van der Waals surface area contributed by atoms with E-state index in [1.54, 1.807) is 0 Å². The molecule has 1 unspecified atom stereocenters. The van der Waals surface area contributed by atoms with Gasteiger partial charge in [0.2, 0.25) is 5.91 Å². The van der Waals surface area contributed by atoms with Gasteiger partial charge in [-0.3, -0.25) is 4.79 Å². The van der Waals surface area contributed by atoms with Gasteiger partial charge in [-0.05, 0) is 22.3 Å². The van der Waals surface area contributed by atoms with Gasteiger partial charge in [-0.15, -0.1) is 0 Å². The molecule has 168 valence electrons. The van der Waals surface area contributed by atoms with Crippen molar-refractivity contribution < 1.29 is 33.0 Å². The van der Waals surface area contributed by atoms with Gasteiger partial charge in [0, 0.05) is 25.3 Å². The van der Waals surface area contributed by atoms with Crippen molar-refractivity contribution in [3.8, 4) is 11.1 Å². The summed E-state index contributed by atoms with van der Waals surface area (Å²) in [5.41, 5.74) is 4.31. The number of carboxylic acids is 1. The predicted molar refractivity (Wildman–Crippen MR) is 110 cm³/mol. The van der Waals surface area contributed by atoms with Crippen molar-refractivity contribution in [2.75, 3.05) is 19.7 Å². The molecular formula is C23H22F2N2O5. The minimum atomic E-state index is -3.24. The molecule has 4 rings (SSSR count). The van der Waals surface area contributed by atoms with Crippen LogP contribution in [-0.2, 0) is 14.3 Å². The Morgan fingerprint density at radius 1 is 1.06 bits per heavy atom. The summed E-state index contributed by atoms with van der Waals surface area (Å²) in [6.45, 7) is -0.981. The second kappa shape index (κ2) is 8.57. The number of fused-ring (bicyclic) bond motifs is 3. The quantitative estimate of drug-likeness (QED) is 0.713. The molecular weight excluding hydrogens is 422 g/mol. The third kappa shape index (κ3) is 4.28. The Morgan fingerprint density at radius 2 is 1.66 bits per heavy atom. The van der Waals surface area contributed by atoms with E-state index in [4.69, 9.17) is 9.84 Å². The number of carbonyl (C=O) groups is 3. The normalized spacial score (nSPS) is 18.7. The monoisotopic (exact) mass is 444 g/mol. The van der Waals surface area contributed by atoms with E-state index >= 15 is 0 Å². The van der Waals surface area contributed by atoms with Crippen LogP contribution in [0.1, 0.15) is 29.9 Å². The van der Waals surface area contributed by atoms with E-state index in [0.717, 1.165) is 22.3 Å². The van der Waals surface area contributed by atoms with E-state index in [0.29, 0.717) is 4.90 Å². The van der Waals surface area contributed by atoms with Gasteiger partial charge < -0.3 is 20.1 Å². The Labute approximate surface area is 183 Å². The number of ether oxygens (including phenoxy) is 1. The second-order valence-corrected chi connectivity index (χ2v) is 7.94. The van der Waals surface area contributed by atoms with Crippen LogP contribution in [0.25, 0.3) is 11.1 Å². The van der Waals surface area contributed by atoms with Crippen LogP contribution in [0.5, 0.6) is 0 Å². The summed E-state index contributed by atoms with van der Waals surface area (Å²) >= 11 is 0. The van der Waals surface area contributed by atoms with Crippen molar-refractivity contribution in [1.82, 2.24) is 10.2 Å². The molecule has 2 amide bonds. The number of carboxylic acid groups (broad SMARTS) is 1. The standard InChI is InChI=1S/C23H22F2N2O5/c24-23(25)11-19(21(29)30)27(13-23)20(28)9-10-26-22(31)32-12-18-16-7-3-1-5-14(16)15-6-2-4-8-17(15)18/h1-8,18-19H,9-13H2,(H,26,31)(H,29,30). The molecule has 0 saturated carbocycles. The fraction of sp³-hybridized carbons (Fsp3) is 0.348. The fourth-order valence-corrected chi connectivity index (χ4v) is 4.36. The van der Waals surface area contributed by atoms with Crippen LogP contribution in [0.15, 0.2) is 48.5 Å². The number of nitrogens with one attached hydrogen (secondary N) is 1. The Bertz CT molecular complexity index is 1010. The molecule has 2 aliphatic rings. The number of alkyl halides is 2. The lowest BCUT2D eigenvalue weighted by molar-refractivity contribution is -0.148. The molecule has 32 heavy (non-hydrogen) atoms. The van der Waals surface area contributed by atoms with Crippen LogP contribution >= 0.6 is 0 Å². The number of hydrogen-bond donors (Lipinski definition) is 2. The van der Waals surface area contributed by atoms with Crippen LogP contribution in [0.2, 0.25) is 0 Å². The fourth-order valence-electron chi connectivity index (χ4n) is 4.36. The Hall–Kier alpha value is -3.49. The third-order valence-corrected chi connectivity index (χ3v) is 5.83. The predicted octanol–water partition coefficient (Wildman–Crippen LogP) is 3.24. The summed E-state index contributed by atoms with van der Waals surface area (Å²) < 4.78 is 32.4. The van der Waals surface area contributed by atoms with Gasteiger partial charge in [0.05, 0.1) is 6.54 Å². The van der Waals surface area contributed by atoms with E-state index < -0.39 is 42.9 Å². The van der Waals surface area contributed by atoms with Crippen molar-refractivity contribution in [3.05, 3.63) is 59.7 Å². The van der Waals surface area contributed by atoms with Gasteiger partial charge in [-0.1, -0.05) is 48.5 Å². The zero-order valence-electron chi connectivity index (χ0n) is 17.1. The van der Waals surface area contributed by atoms with E-state index in [2.05, 4.69) is 5.32 Å². The molecule has 0 spiro atoms. The SMILES string of the molecule is O=C(NCCC(=O)N1CC(F)(F)CC1C(=O)O)OCC1c2ccccc2-c2ccccc21. The maximum Gasteiger partial charge on any atom is 0.407 e. The number of likely N-dealkylation sites (tertiary alicyclic amines) is 1. The minimum Gasteiger partial charge on any atom is -0.480 e. The average molecular weight is 444 g/mol. The third-order valence-electron chi connectivity index (χ3n) is 5.83. The van der Waals surface area contributed by atoms with Gasteiger partial charge >= 0.3 is 12.1 Å². The van der Waals surface area contributed by atoms with Crippen LogP contribution in [0.3, 0.4) is 0 Å². The van der Waals surface area contributed by atoms with E-state index in [1.807, 2.05) is 48.5 Å². The van der Waals surface area contributed by atoms with Gasteiger partial charge in [-0.25, -0.2) is 18.4 Å². The Morgan fingerprint density at radius 3 is 2.25 bits per heavy atom. The van der Waals surface area contributed by atoms with Gasteiger partial charge in [0.1, 0.15) is 12.6 Å². The molecule has 2 aromatic rings. The molecule has 0 radical (unpaired) electrons. The molecule has 9 heteroatoms. The maximum atomic E-state index is 13.5. The van der Waals surface area contributed by atoms with Crippen LogP contribution in [0.4, 0.5) is 13.6 Å². The summed E-state index contributed by atoms with van der Waals surface area (Å²) in [7, 11) is 0. The number of nitrogens with zero attached hydrogens (tertiary/aromatic N) is 1. The molecule has 0 aromatic heterocycles. The van der Waals surface area contributed by atoms with Crippen LogP contribution in [0, 0.1) is 0 Å². The number of rotatable bonds is 6. The van der Waals surface area contributed by atoms with Gasteiger partial charge in [-0.2, -0.15) is 0 Å². The van der Waals surface area contributed by atoms with Crippen molar-refractivity contribution in [1.29, 1.82) is 0 Å². The molecule has 1 heterocycles. The molecule has 0 bridgehead atoms. The van der Waals surface area contributed by atoms with Crippen LogP contribution in [-0.4, -0.2) is 59.6 Å². The average Bonchev–Trinajstić information content (AvgIpc) is 3.27. The lowest BCUT2D eigenvalue weighted by atomic mass is 9.98.